The Kier molecular flexibility index (Phi) is 2.75. The van der Waals surface area contributed by atoms with Crippen LogP contribution in [-0.4, -0.2) is 9.78 Å². The van der Waals surface area contributed by atoms with Crippen molar-refractivity contribution in [3.8, 4) is 17.2 Å². The van der Waals surface area contributed by atoms with Gasteiger partial charge in [-0.05, 0) is 18.9 Å². The van der Waals surface area contributed by atoms with E-state index in [4.69, 9.17) is 11.0 Å². The first-order valence-corrected chi connectivity index (χ1v) is 6.47. The lowest BCUT2D eigenvalue weighted by atomic mass is 10.0. The van der Waals surface area contributed by atoms with Crippen LogP contribution in [-0.2, 0) is 6.54 Å². The van der Waals surface area contributed by atoms with E-state index in [0.29, 0.717) is 6.42 Å². The van der Waals surface area contributed by atoms with Gasteiger partial charge in [0, 0.05) is 41.4 Å². The van der Waals surface area contributed by atoms with Crippen LogP contribution in [0.1, 0.15) is 19.3 Å². The van der Waals surface area contributed by atoms with Gasteiger partial charge in [0.25, 0.3) is 0 Å². The van der Waals surface area contributed by atoms with Gasteiger partial charge in [-0.3, -0.25) is 4.68 Å². The van der Waals surface area contributed by atoms with Crippen LogP contribution in [0.2, 0.25) is 0 Å². The van der Waals surface area contributed by atoms with Gasteiger partial charge >= 0.3 is 0 Å². The van der Waals surface area contributed by atoms with Crippen LogP contribution in [0.5, 0.6) is 0 Å². The quantitative estimate of drug-likeness (QED) is 0.851. The van der Waals surface area contributed by atoms with Crippen molar-refractivity contribution in [2.24, 2.45) is 5.41 Å². The highest BCUT2D eigenvalue weighted by Crippen LogP contribution is 2.49. The second kappa shape index (κ2) is 4.43. The largest absolute Gasteiger partial charge is 0.398 e. The Labute approximate surface area is 112 Å². The van der Waals surface area contributed by atoms with Crippen LogP contribution in [0, 0.1) is 16.7 Å². The Bertz CT molecular complexity index is 632. The van der Waals surface area contributed by atoms with Crippen molar-refractivity contribution in [2.75, 3.05) is 5.73 Å². The number of nitrogen functional groups attached to an aromatic ring is 1. The van der Waals surface area contributed by atoms with Crippen molar-refractivity contribution >= 4 is 5.69 Å². The van der Waals surface area contributed by atoms with Crippen LogP contribution < -0.4 is 5.73 Å². The second-order valence-electron chi connectivity index (χ2n) is 5.35. The molecule has 96 valence electrons. The molecule has 2 N–H and O–H groups in total. The zero-order valence-corrected chi connectivity index (χ0v) is 10.7. The van der Waals surface area contributed by atoms with Gasteiger partial charge in [0.1, 0.15) is 0 Å². The Morgan fingerprint density at radius 1 is 1.37 bits per heavy atom. The highest BCUT2D eigenvalue weighted by atomic mass is 15.3. The molecule has 3 rings (SSSR count). The highest BCUT2D eigenvalue weighted by molar-refractivity contribution is 5.75. The van der Waals surface area contributed by atoms with E-state index >= 15 is 0 Å². The minimum Gasteiger partial charge on any atom is -0.398 e. The van der Waals surface area contributed by atoms with E-state index in [1.807, 2.05) is 41.3 Å². The molecule has 0 radical (unpaired) electrons. The van der Waals surface area contributed by atoms with Gasteiger partial charge < -0.3 is 5.73 Å². The van der Waals surface area contributed by atoms with Gasteiger partial charge in [-0.1, -0.05) is 18.2 Å². The van der Waals surface area contributed by atoms with Gasteiger partial charge in [0.2, 0.25) is 0 Å². The second-order valence-corrected chi connectivity index (χ2v) is 5.35. The highest BCUT2D eigenvalue weighted by Gasteiger charge is 2.42. The van der Waals surface area contributed by atoms with Gasteiger partial charge in [0.05, 0.1) is 12.3 Å². The zero-order valence-electron chi connectivity index (χ0n) is 10.7. The number of hydrogen-bond acceptors (Lipinski definition) is 3. The zero-order chi connectivity index (χ0) is 13.3. The molecule has 0 saturated heterocycles. The molecule has 1 saturated carbocycles. The summed E-state index contributed by atoms with van der Waals surface area (Å²) in [4.78, 5) is 0. The molecule has 0 spiro atoms. The third-order valence-electron chi connectivity index (χ3n) is 3.81. The maximum atomic E-state index is 8.84. The molecule has 1 aromatic heterocycles. The number of rotatable bonds is 4. The molecule has 19 heavy (non-hydrogen) atoms. The maximum absolute atomic E-state index is 8.84. The monoisotopic (exact) mass is 252 g/mol. The van der Waals surface area contributed by atoms with Crippen LogP contribution in [0.4, 0.5) is 5.69 Å². The molecule has 4 nitrogen and oxygen atoms in total. The van der Waals surface area contributed by atoms with Crippen molar-refractivity contribution < 1.29 is 0 Å². The van der Waals surface area contributed by atoms with Crippen LogP contribution >= 0.6 is 0 Å². The van der Waals surface area contributed by atoms with E-state index in [2.05, 4.69) is 11.2 Å². The fourth-order valence-corrected chi connectivity index (χ4v) is 2.43. The lowest BCUT2D eigenvalue weighted by Gasteiger charge is -2.10. The fraction of sp³-hybridized carbons (Fsp3) is 0.333. The van der Waals surface area contributed by atoms with Crippen molar-refractivity contribution in [1.82, 2.24) is 9.78 Å². The Morgan fingerprint density at radius 2 is 2.16 bits per heavy atom. The predicted molar refractivity (Wildman–Crippen MR) is 74.0 cm³/mol. The first-order chi connectivity index (χ1) is 9.22. The summed E-state index contributed by atoms with van der Waals surface area (Å²) >= 11 is 0. The average molecular weight is 252 g/mol. The summed E-state index contributed by atoms with van der Waals surface area (Å²) in [6.07, 6.45) is 6.74. The molecule has 1 heterocycles. The summed E-state index contributed by atoms with van der Waals surface area (Å²) in [5, 5.41) is 13.2. The normalized spacial score (nSPS) is 15.9. The third-order valence-corrected chi connectivity index (χ3v) is 3.81. The van der Waals surface area contributed by atoms with E-state index in [1.165, 1.54) is 0 Å². The van der Waals surface area contributed by atoms with Crippen molar-refractivity contribution in [3.05, 3.63) is 36.7 Å². The number of nitrogens with two attached hydrogens (primary N) is 1. The lowest BCUT2D eigenvalue weighted by molar-refractivity contribution is 0.405. The predicted octanol–water partition coefficient (Wildman–Crippen LogP) is 2.83. The number of nitrogens with zero attached hydrogens (tertiary/aromatic N) is 3. The van der Waals surface area contributed by atoms with E-state index in [9.17, 15) is 0 Å². The Balaban J connectivity index is 1.81. The minimum absolute atomic E-state index is 0.167. The van der Waals surface area contributed by atoms with Gasteiger partial charge in [-0.15, -0.1) is 0 Å². The standard InChI is InChI=1S/C15H16N4/c16-8-7-15(5-6-15)11-19-10-12(9-18-19)13-3-1-2-4-14(13)17/h1-4,9-10H,5-7,11,17H2. The Morgan fingerprint density at radius 3 is 2.84 bits per heavy atom. The molecule has 2 aromatic rings. The molecule has 4 heteroatoms. The first-order valence-electron chi connectivity index (χ1n) is 6.47. The van der Waals surface area contributed by atoms with Gasteiger partial charge in [-0.2, -0.15) is 10.4 Å². The van der Waals surface area contributed by atoms with Crippen molar-refractivity contribution in [2.45, 2.75) is 25.8 Å². The first kappa shape index (κ1) is 11.8. The van der Waals surface area contributed by atoms with Crippen molar-refractivity contribution in [3.63, 3.8) is 0 Å². The summed E-state index contributed by atoms with van der Waals surface area (Å²) < 4.78 is 1.94. The summed E-state index contributed by atoms with van der Waals surface area (Å²) in [6, 6.07) is 10.1. The number of anilines is 1. The summed E-state index contributed by atoms with van der Waals surface area (Å²) in [7, 11) is 0. The summed E-state index contributed by atoms with van der Waals surface area (Å²) in [5.41, 5.74) is 8.95. The topological polar surface area (TPSA) is 67.6 Å². The van der Waals surface area contributed by atoms with Crippen LogP contribution in [0.25, 0.3) is 11.1 Å². The number of nitriles is 1. The number of hydrogen-bond donors (Lipinski definition) is 1. The third kappa shape index (κ3) is 2.32. The number of aromatic nitrogens is 2. The summed E-state index contributed by atoms with van der Waals surface area (Å²) in [5.74, 6) is 0. The molecular formula is C15H16N4. The van der Waals surface area contributed by atoms with Crippen molar-refractivity contribution in [1.29, 1.82) is 5.26 Å². The Hall–Kier alpha value is -2.28. The molecule has 0 unspecified atom stereocenters. The molecular weight excluding hydrogens is 236 g/mol. The molecule has 1 fully saturated rings. The number of para-hydroxylation sites is 1. The molecule has 1 aromatic carbocycles. The molecule has 0 amide bonds. The minimum atomic E-state index is 0.167. The molecule has 0 atom stereocenters. The molecule has 1 aliphatic rings. The van der Waals surface area contributed by atoms with E-state index in [1.54, 1.807) is 0 Å². The molecule has 0 aliphatic heterocycles. The SMILES string of the molecule is N#CCC1(Cn2cc(-c3ccccc3N)cn2)CC1. The molecule has 0 bridgehead atoms. The smallest absolute Gasteiger partial charge is 0.0628 e. The van der Waals surface area contributed by atoms with Crippen LogP contribution in [0.15, 0.2) is 36.7 Å². The lowest BCUT2D eigenvalue weighted by Crippen LogP contribution is -2.11. The maximum Gasteiger partial charge on any atom is 0.0628 e. The summed E-state index contributed by atoms with van der Waals surface area (Å²) in [6.45, 7) is 0.827. The van der Waals surface area contributed by atoms with E-state index in [0.717, 1.165) is 36.2 Å². The van der Waals surface area contributed by atoms with Gasteiger partial charge in [0.15, 0.2) is 0 Å². The number of benzene rings is 1. The fourth-order valence-electron chi connectivity index (χ4n) is 2.43. The van der Waals surface area contributed by atoms with Gasteiger partial charge in [-0.25, -0.2) is 0 Å². The van der Waals surface area contributed by atoms with E-state index in [-0.39, 0.29) is 5.41 Å². The van der Waals surface area contributed by atoms with E-state index < -0.39 is 0 Å². The average Bonchev–Trinajstić information content (AvgIpc) is 2.99. The molecule has 1 aliphatic carbocycles. The van der Waals surface area contributed by atoms with Crippen LogP contribution in [0.3, 0.4) is 0 Å².